The van der Waals surface area contributed by atoms with Crippen LogP contribution in [0.25, 0.3) is 0 Å². The third kappa shape index (κ3) is 10.7. The number of aryl methyl sites for hydroxylation is 2. The molecule has 7 nitrogen and oxygen atoms in total. The average molecular weight is 604 g/mol. The number of phenols is 1. The lowest BCUT2D eigenvalue weighted by Crippen LogP contribution is -2.31. The molecule has 3 aromatic rings. The van der Waals surface area contributed by atoms with Gasteiger partial charge < -0.3 is 19.3 Å². The molecule has 3 rings (SSSR count). The van der Waals surface area contributed by atoms with E-state index in [-0.39, 0.29) is 31.1 Å². The van der Waals surface area contributed by atoms with Crippen LogP contribution in [0.3, 0.4) is 0 Å². The Labute approximate surface area is 263 Å². The van der Waals surface area contributed by atoms with Gasteiger partial charge in [0.2, 0.25) is 13.6 Å². The van der Waals surface area contributed by atoms with E-state index in [0.29, 0.717) is 29.4 Å². The van der Waals surface area contributed by atoms with Crippen LogP contribution < -0.4 is 4.74 Å². The number of hydrogen-bond donors (Lipinski definition) is 1. The number of ether oxygens (including phenoxy) is 3. The molecule has 0 radical (unpaired) electrons. The SMILES string of the molecule is C=C(OCON(COc1cc(C)c(Cc2ccc(O)c(Cc3ccccc3)c2)c(C)c1)OCOC(=C)C(C)(C)C)C(C)(C)C. The predicted molar refractivity (Wildman–Crippen MR) is 175 cm³/mol. The zero-order valence-electron chi connectivity index (χ0n) is 27.7. The van der Waals surface area contributed by atoms with E-state index in [9.17, 15) is 5.11 Å². The van der Waals surface area contributed by atoms with E-state index in [1.807, 2.05) is 77.9 Å². The van der Waals surface area contributed by atoms with Gasteiger partial charge in [-0.3, -0.25) is 0 Å². The highest BCUT2D eigenvalue weighted by atomic mass is 17.0. The lowest BCUT2D eigenvalue weighted by molar-refractivity contribution is -0.421. The summed E-state index contributed by atoms with van der Waals surface area (Å²) in [7, 11) is 0. The molecule has 0 unspecified atom stereocenters. The molecular formula is C37H49NO6. The molecule has 0 bridgehead atoms. The van der Waals surface area contributed by atoms with E-state index in [1.54, 1.807) is 6.07 Å². The predicted octanol–water partition coefficient (Wildman–Crippen LogP) is 8.76. The van der Waals surface area contributed by atoms with Gasteiger partial charge in [0.25, 0.3) is 0 Å². The minimum atomic E-state index is -0.223. The maximum atomic E-state index is 10.5. The Morgan fingerprint density at radius 3 is 1.80 bits per heavy atom. The number of hydroxylamine groups is 2. The fourth-order valence-corrected chi connectivity index (χ4v) is 4.21. The molecule has 0 saturated carbocycles. The van der Waals surface area contributed by atoms with Crippen LogP contribution in [0, 0.1) is 24.7 Å². The second kappa shape index (κ2) is 15.3. The third-order valence-corrected chi connectivity index (χ3v) is 7.30. The molecule has 44 heavy (non-hydrogen) atoms. The topological polar surface area (TPSA) is 69.6 Å². The first-order valence-corrected chi connectivity index (χ1v) is 14.9. The van der Waals surface area contributed by atoms with E-state index < -0.39 is 0 Å². The summed E-state index contributed by atoms with van der Waals surface area (Å²) in [6.07, 6.45) is 1.42. The van der Waals surface area contributed by atoms with Crippen molar-refractivity contribution in [1.82, 2.24) is 5.23 Å². The molecule has 0 heterocycles. The summed E-state index contributed by atoms with van der Waals surface area (Å²) < 4.78 is 17.4. The minimum Gasteiger partial charge on any atom is -0.508 e. The van der Waals surface area contributed by atoms with Crippen LogP contribution >= 0.6 is 0 Å². The average Bonchev–Trinajstić information content (AvgIpc) is 2.94. The van der Waals surface area contributed by atoms with Gasteiger partial charge in [-0.25, -0.2) is 9.68 Å². The normalized spacial score (nSPS) is 11.8. The summed E-state index contributed by atoms with van der Waals surface area (Å²) in [6, 6.07) is 20.0. The van der Waals surface area contributed by atoms with Crippen molar-refractivity contribution < 1.29 is 29.0 Å². The quantitative estimate of drug-likeness (QED) is 0.106. The molecule has 1 N–H and O–H groups in total. The highest BCUT2D eigenvalue weighted by molar-refractivity contribution is 5.46. The van der Waals surface area contributed by atoms with Gasteiger partial charge in [0.05, 0.1) is 11.5 Å². The zero-order valence-corrected chi connectivity index (χ0v) is 27.7. The monoisotopic (exact) mass is 603 g/mol. The number of allylic oxidation sites excluding steroid dienone is 2. The van der Waals surface area contributed by atoms with Crippen molar-refractivity contribution in [1.29, 1.82) is 0 Å². The van der Waals surface area contributed by atoms with Gasteiger partial charge in [0.15, 0.2) is 6.73 Å². The lowest BCUT2D eigenvalue weighted by Gasteiger charge is -2.26. The zero-order chi connectivity index (χ0) is 32.5. The molecule has 7 heteroatoms. The van der Waals surface area contributed by atoms with Crippen LogP contribution in [-0.4, -0.2) is 30.6 Å². The Morgan fingerprint density at radius 2 is 1.27 bits per heavy atom. The molecule has 0 saturated heterocycles. The smallest absolute Gasteiger partial charge is 0.210 e. The number of nitrogens with zero attached hydrogens (tertiary/aromatic N) is 1. The Balaban J connectivity index is 1.66. The summed E-state index contributed by atoms with van der Waals surface area (Å²) in [5, 5.41) is 11.7. The van der Waals surface area contributed by atoms with E-state index in [2.05, 4.69) is 45.2 Å². The van der Waals surface area contributed by atoms with Crippen LogP contribution in [0.4, 0.5) is 0 Å². The lowest BCUT2D eigenvalue weighted by atomic mass is 9.93. The number of rotatable bonds is 15. The Bertz CT molecular complexity index is 1350. The highest BCUT2D eigenvalue weighted by Crippen LogP contribution is 2.28. The van der Waals surface area contributed by atoms with E-state index in [1.165, 1.54) is 10.8 Å². The molecule has 238 valence electrons. The van der Waals surface area contributed by atoms with Gasteiger partial charge in [-0.05, 0) is 77.1 Å². The van der Waals surface area contributed by atoms with E-state index in [0.717, 1.165) is 34.2 Å². The van der Waals surface area contributed by atoms with E-state index >= 15 is 0 Å². The molecule has 0 aliphatic heterocycles. The minimum absolute atomic E-state index is 0.0320. The molecule has 0 aliphatic carbocycles. The van der Waals surface area contributed by atoms with Crippen LogP contribution in [-0.2, 0) is 32.0 Å². The number of benzene rings is 3. The summed E-state index contributed by atoms with van der Waals surface area (Å²) >= 11 is 0. The molecular weight excluding hydrogens is 554 g/mol. The number of phenolic OH excluding ortho intramolecular Hbond substituents is 1. The maximum absolute atomic E-state index is 10.5. The van der Waals surface area contributed by atoms with Gasteiger partial charge in [0.1, 0.15) is 11.5 Å². The van der Waals surface area contributed by atoms with Crippen molar-refractivity contribution in [3.8, 4) is 11.5 Å². The first-order valence-electron chi connectivity index (χ1n) is 14.9. The summed E-state index contributed by atoms with van der Waals surface area (Å²) in [5.41, 5.74) is 6.16. The first kappa shape index (κ1) is 34.7. The largest absolute Gasteiger partial charge is 0.508 e. The van der Waals surface area contributed by atoms with Crippen molar-refractivity contribution in [2.75, 3.05) is 20.3 Å². The summed E-state index contributed by atoms with van der Waals surface area (Å²) in [5.74, 6) is 2.18. The highest BCUT2D eigenvalue weighted by Gasteiger charge is 2.19. The van der Waals surface area contributed by atoms with Crippen molar-refractivity contribution in [2.24, 2.45) is 10.8 Å². The van der Waals surface area contributed by atoms with Gasteiger partial charge in [-0.1, -0.05) is 97.2 Å². The van der Waals surface area contributed by atoms with Gasteiger partial charge in [0, 0.05) is 17.3 Å². The maximum Gasteiger partial charge on any atom is 0.210 e. The van der Waals surface area contributed by atoms with Crippen molar-refractivity contribution in [3.05, 3.63) is 119 Å². The number of hydrogen-bond acceptors (Lipinski definition) is 7. The third-order valence-electron chi connectivity index (χ3n) is 7.30. The molecule has 0 amide bonds. The van der Waals surface area contributed by atoms with Crippen LogP contribution in [0.15, 0.2) is 85.3 Å². The molecule has 0 spiro atoms. The molecule has 0 atom stereocenters. The van der Waals surface area contributed by atoms with Gasteiger partial charge in [-0.2, -0.15) is 0 Å². The molecule has 0 aliphatic rings. The molecule has 3 aromatic carbocycles. The van der Waals surface area contributed by atoms with Gasteiger partial charge in [-0.15, -0.1) is 0 Å². The number of aromatic hydroxyl groups is 1. The van der Waals surface area contributed by atoms with Crippen LogP contribution in [0.1, 0.15) is 74.9 Å². The van der Waals surface area contributed by atoms with Crippen molar-refractivity contribution >= 4 is 0 Å². The second-order valence-electron chi connectivity index (χ2n) is 13.1. The van der Waals surface area contributed by atoms with Gasteiger partial charge >= 0.3 is 0 Å². The van der Waals surface area contributed by atoms with Crippen molar-refractivity contribution in [3.63, 3.8) is 0 Å². The molecule has 0 aromatic heterocycles. The summed E-state index contributed by atoms with van der Waals surface area (Å²) in [4.78, 5) is 11.4. The van der Waals surface area contributed by atoms with Crippen molar-refractivity contribution in [2.45, 2.75) is 68.2 Å². The second-order valence-corrected chi connectivity index (χ2v) is 13.1. The molecule has 0 fully saturated rings. The Morgan fingerprint density at radius 1 is 0.727 bits per heavy atom. The standard InChI is InChI=1S/C37H49NO6/c1-26-18-33(40-23-38(43-24-41-28(3)36(5,6)7)44-25-42-29(4)37(8,9)10)19-27(2)34(26)22-31-16-17-35(39)32(21-31)20-30-14-12-11-13-15-30/h11-19,21,39H,3-4,20,22-25H2,1-2,5-10H3. The fraction of sp³-hybridized carbons (Fsp3) is 0.405. The summed E-state index contributed by atoms with van der Waals surface area (Å²) in [6.45, 7) is 23.9. The van der Waals surface area contributed by atoms with E-state index in [4.69, 9.17) is 23.9 Å². The van der Waals surface area contributed by atoms with Crippen LogP contribution in [0.2, 0.25) is 0 Å². The Hall–Kier alpha value is -3.78. The fourth-order valence-electron chi connectivity index (χ4n) is 4.21. The Kier molecular flexibility index (Phi) is 12.1. The first-order chi connectivity index (χ1) is 20.6. The van der Waals surface area contributed by atoms with Crippen LogP contribution in [0.5, 0.6) is 11.5 Å².